The maximum atomic E-state index is 13.3. The zero-order valence-electron chi connectivity index (χ0n) is 19.4. The second-order valence-corrected chi connectivity index (χ2v) is 10.9. The summed E-state index contributed by atoms with van der Waals surface area (Å²) in [4.78, 5) is 53.3. The lowest BCUT2D eigenvalue weighted by molar-refractivity contribution is -0.192. The number of nitrogens with one attached hydrogen (secondary N) is 2. The highest BCUT2D eigenvalue weighted by atomic mass is 32.2. The predicted molar refractivity (Wildman–Crippen MR) is 132 cm³/mol. The van der Waals surface area contributed by atoms with Crippen LogP contribution in [0.25, 0.3) is 0 Å². The lowest BCUT2D eigenvalue weighted by Gasteiger charge is -2.56. The highest BCUT2D eigenvalue weighted by Gasteiger charge is 2.67. The summed E-state index contributed by atoms with van der Waals surface area (Å²) in [6.45, 7) is 1.80. The summed E-state index contributed by atoms with van der Waals surface area (Å²) in [7, 11) is 2.95. The lowest BCUT2D eigenvalue weighted by atomic mass is 9.97. The molecule has 5 N–H and O–H groups in total. The van der Waals surface area contributed by atoms with Gasteiger partial charge in [-0.25, -0.2) is 9.59 Å². The average molecular weight is 554 g/mol. The highest BCUT2D eigenvalue weighted by molar-refractivity contribution is 8.01. The van der Waals surface area contributed by atoms with Crippen molar-refractivity contribution in [2.75, 3.05) is 18.6 Å². The number of fused-ring (bicyclic) bond motifs is 1. The van der Waals surface area contributed by atoms with Gasteiger partial charge >= 0.3 is 12.0 Å². The molecule has 4 rings (SSSR count). The fourth-order valence-electron chi connectivity index (χ4n) is 3.95. The predicted octanol–water partition coefficient (Wildman–Crippen LogP) is 0.399. The molecule has 13 nitrogen and oxygen atoms in total. The molecule has 2 aliphatic heterocycles. The van der Waals surface area contributed by atoms with Gasteiger partial charge in [0, 0.05) is 30.5 Å². The number of thioether (sulfide) groups is 2. The number of nitrogens with two attached hydrogens (primary N) is 1. The minimum absolute atomic E-state index is 0.148. The third-order valence-electron chi connectivity index (χ3n) is 5.54. The van der Waals surface area contributed by atoms with Gasteiger partial charge in [0.05, 0.1) is 5.69 Å². The van der Waals surface area contributed by atoms with Gasteiger partial charge in [-0.2, -0.15) is 9.90 Å². The second-order valence-electron chi connectivity index (χ2n) is 7.85. The second kappa shape index (κ2) is 10.1. The van der Waals surface area contributed by atoms with Crippen LogP contribution in [0.1, 0.15) is 16.6 Å². The number of β-lactam (4-membered cyclic amide) rings is 1. The number of aromatic nitrogens is 3. The number of carboxylic acids is 1. The van der Waals surface area contributed by atoms with Crippen LogP contribution in [0.4, 0.5) is 4.79 Å². The summed E-state index contributed by atoms with van der Waals surface area (Å²) >= 11 is 3.82. The first-order chi connectivity index (χ1) is 17.1. The number of hydrogen-bond donors (Lipinski definition) is 4. The van der Waals surface area contributed by atoms with Gasteiger partial charge in [0.15, 0.2) is 0 Å². The van der Waals surface area contributed by atoms with E-state index < -0.39 is 41.0 Å². The molecule has 1 fully saturated rings. The fraction of sp³-hybridized carbons (Fsp3) is 0.400. The van der Waals surface area contributed by atoms with Crippen LogP contribution in [0.15, 0.2) is 33.8 Å². The van der Waals surface area contributed by atoms with Crippen LogP contribution < -0.4 is 16.4 Å². The van der Waals surface area contributed by atoms with Gasteiger partial charge in [0.2, 0.25) is 0 Å². The topological polar surface area (TPSA) is 182 Å². The van der Waals surface area contributed by atoms with Gasteiger partial charge in [0.1, 0.15) is 22.1 Å². The van der Waals surface area contributed by atoms with Gasteiger partial charge in [-0.3, -0.25) is 14.5 Å². The number of hydrogen-bond acceptors (Lipinski definition) is 10. The van der Waals surface area contributed by atoms with Crippen molar-refractivity contribution in [2.45, 2.75) is 29.1 Å². The molecule has 2 aromatic heterocycles. The Morgan fingerprint density at radius 3 is 2.72 bits per heavy atom. The first-order valence-corrected chi connectivity index (χ1v) is 13.4. The summed E-state index contributed by atoms with van der Waals surface area (Å²) in [5.74, 6) is -2.12. The number of nitrogens with zero attached hydrogens (tertiary/aromatic N) is 4. The lowest BCUT2D eigenvalue weighted by Crippen LogP contribution is -2.81. The van der Waals surface area contributed by atoms with E-state index in [2.05, 4.69) is 20.8 Å². The maximum absolute atomic E-state index is 13.3. The number of aryl methyl sites for hydroxylation is 2. The molecule has 2 aromatic rings. The number of aliphatic carboxylic acids is 1. The van der Waals surface area contributed by atoms with E-state index in [1.807, 2.05) is 0 Å². The SMILES string of the molecule is CO[C@]1(NC(=O)C(NC(N)=O)c2cccs2)C(=O)N2C(C(=O)O)=C(CSc3nn(C)nc3C)CSC21. The number of urea groups is 1. The molecule has 1 saturated heterocycles. The van der Waals surface area contributed by atoms with E-state index in [4.69, 9.17) is 10.5 Å². The van der Waals surface area contributed by atoms with Crippen LogP contribution in [0.3, 0.4) is 0 Å². The van der Waals surface area contributed by atoms with E-state index >= 15 is 0 Å². The number of thiophene rings is 1. The Morgan fingerprint density at radius 1 is 1.42 bits per heavy atom. The normalized spacial score (nSPS) is 22.0. The number of carbonyl (C=O) groups excluding carboxylic acids is 3. The van der Waals surface area contributed by atoms with Crippen LogP contribution in [0, 0.1) is 6.92 Å². The first-order valence-electron chi connectivity index (χ1n) is 10.5. The zero-order valence-corrected chi connectivity index (χ0v) is 21.8. The largest absolute Gasteiger partial charge is 0.477 e. The van der Waals surface area contributed by atoms with Crippen molar-refractivity contribution in [2.24, 2.45) is 12.8 Å². The van der Waals surface area contributed by atoms with Crippen molar-refractivity contribution in [3.05, 3.63) is 39.4 Å². The quantitative estimate of drug-likeness (QED) is 0.193. The molecule has 0 radical (unpaired) electrons. The number of carboxylic acid groups (broad SMARTS) is 1. The number of rotatable bonds is 9. The minimum Gasteiger partial charge on any atom is -0.477 e. The molecule has 2 aliphatic rings. The Morgan fingerprint density at radius 2 is 2.17 bits per heavy atom. The number of primary amides is 1. The van der Waals surface area contributed by atoms with Crippen molar-refractivity contribution in [1.29, 1.82) is 0 Å². The zero-order chi connectivity index (χ0) is 26.2. The van der Waals surface area contributed by atoms with Gasteiger partial charge in [-0.05, 0) is 23.9 Å². The Hall–Kier alpha value is -3.08. The van der Waals surface area contributed by atoms with Crippen molar-refractivity contribution < 1.29 is 29.0 Å². The van der Waals surface area contributed by atoms with Crippen molar-refractivity contribution in [1.82, 2.24) is 30.5 Å². The van der Waals surface area contributed by atoms with E-state index in [-0.39, 0.29) is 11.4 Å². The number of ether oxygens (including phenoxy) is 1. The molecule has 192 valence electrons. The van der Waals surface area contributed by atoms with Crippen molar-refractivity contribution >= 4 is 58.7 Å². The molecular weight excluding hydrogens is 530 g/mol. The molecule has 2 unspecified atom stereocenters. The third kappa shape index (κ3) is 4.56. The fourth-order valence-corrected chi connectivity index (χ4v) is 7.26. The molecule has 0 saturated carbocycles. The van der Waals surface area contributed by atoms with Crippen LogP contribution in [0.2, 0.25) is 0 Å². The molecule has 0 aliphatic carbocycles. The van der Waals surface area contributed by atoms with Gasteiger partial charge in [-0.15, -0.1) is 28.2 Å². The summed E-state index contributed by atoms with van der Waals surface area (Å²) in [6, 6.07) is 1.28. The van der Waals surface area contributed by atoms with Crippen molar-refractivity contribution in [3.8, 4) is 0 Å². The van der Waals surface area contributed by atoms with E-state index in [1.165, 1.54) is 46.8 Å². The van der Waals surface area contributed by atoms with Gasteiger partial charge in [-0.1, -0.05) is 17.8 Å². The molecule has 4 heterocycles. The Bertz CT molecular complexity index is 1250. The van der Waals surface area contributed by atoms with E-state index in [9.17, 15) is 24.3 Å². The third-order valence-corrected chi connectivity index (χ3v) is 9.00. The Kier molecular flexibility index (Phi) is 7.31. The van der Waals surface area contributed by atoms with Gasteiger partial charge in [0.25, 0.3) is 17.5 Å². The molecule has 4 amide bonds. The summed E-state index contributed by atoms with van der Waals surface area (Å²) in [6.07, 6.45) is 0. The minimum atomic E-state index is -1.81. The maximum Gasteiger partial charge on any atom is 0.352 e. The summed E-state index contributed by atoms with van der Waals surface area (Å²) < 4.78 is 5.48. The van der Waals surface area contributed by atoms with Crippen LogP contribution in [-0.4, -0.2) is 78.5 Å². The van der Waals surface area contributed by atoms with E-state index in [0.717, 1.165) is 4.90 Å². The molecule has 36 heavy (non-hydrogen) atoms. The smallest absolute Gasteiger partial charge is 0.352 e. The standard InChI is InChI=1S/C20H23N7O6S3/c1-9-15(25-26(2)24-9)35-7-10-8-36-18-20(33-3,17(31)27(18)13(10)16(29)30)23-14(28)12(22-19(21)32)11-5-4-6-34-11/h4-6,12,18H,7-8H2,1-3H3,(H,23,28)(H,29,30)(H3,21,22,32)/t12?,18?,20-/m1/s1. The summed E-state index contributed by atoms with van der Waals surface area (Å²) in [5, 5.41) is 24.9. The number of amides is 4. The van der Waals surface area contributed by atoms with Crippen molar-refractivity contribution in [3.63, 3.8) is 0 Å². The molecule has 0 aromatic carbocycles. The van der Waals surface area contributed by atoms with E-state index in [1.54, 1.807) is 31.5 Å². The molecule has 0 bridgehead atoms. The Labute approximate surface area is 217 Å². The molecular formula is C20H23N7O6S3. The molecule has 0 spiro atoms. The van der Waals surface area contributed by atoms with Crippen LogP contribution in [-0.2, 0) is 26.2 Å². The molecule has 3 atom stereocenters. The number of methoxy groups -OCH3 is 1. The van der Waals surface area contributed by atoms with Crippen LogP contribution >= 0.6 is 34.9 Å². The van der Waals surface area contributed by atoms with Gasteiger partial charge < -0.3 is 26.2 Å². The number of carbonyl (C=O) groups is 4. The van der Waals surface area contributed by atoms with Crippen LogP contribution in [0.5, 0.6) is 0 Å². The summed E-state index contributed by atoms with van der Waals surface area (Å²) in [5.41, 5.74) is 4.54. The Balaban J connectivity index is 1.57. The molecule has 16 heteroatoms. The first kappa shape index (κ1) is 26.0. The average Bonchev–Trinajstić information content (AvgIpc) is 3.47. The highest BCUT2D eigenvalue weighted by Crippen LogP contribution is 2.47. The monoisotopic (exact) mass is 553 g/mol. The van der Waals surface area contributed by atoms with E-state index in [0.29, 0.717) is 26.9 Å².